The number of allylic oxidation sites excluding steroid dienone is 2. The maximum atomic E-state index is 10.4. The van der Waals surface area contributed by atoms with Gasteiger partial charge in [-0.3, -0.25) is 4.79 Å². The van der Waals surface area contributed by atoms with Gasteiger partial charge in [0.2, 0.25) is 0 Å². The molecule has 0 radical (unpaired) electrons. The summed E-state index contributed by atoms with van der Waals surface area (Å²) in [5, 5.41) is 8.54. The van der Waals surface area contributed by atoms with Crippen LogP contribution in [0.2, 0.25) is 0 Å². The summed E-state index contributed by atoms with van der Waals surface area (Å²) in [6, 6.07) is 0. The lowest BCUT2D eigenvalue weighted by molar-refractivity contribution is -0.137. The summed E-state index contributed by atoms with van der Waals surface area (Å²) in [5.74, 6) is 0.359. The first kappa shape index (κ1) is 19.8. The van der Waals surface area contributed by atoms with Crippen LogP contribution in [-0.2, 0) is 9.53 Å². The Morgan fingerprint density at radius 2 is 1.26 bits per heavy atom. The molecule has 1 aliphatic heterocycles. The lowest BCUT2D eigenvalue weighted by Crippen LogP contribution is -1.93. The van der Waals surface area contributed by atoms with Crippen LogP contribution in [0.1, 0.15) is 96.3 Å². The Balaban J connectivity index is 1.65. The number of carboxylic acids is 1. The monoisotopic (exact) mass is 322 g/mol. The lowest BCUT2D eigenvalue weighted by Gasteiger charge is -2.02. The highest BCUT2D eigenvalue weighted by Gasteiger charge is 2.02. The second-order valence-electron chi connectivity index (χ2n) is 6.57. The summed E-state index contributed by atoms with van der Waals surface area (Å²) in [7, 11) is 0. The van der Waals surface area contributed by atoms with Crippen LogP contribution in [-0.4, -0.2) is 11.1 Å². The molecule has 0 aromatic heterocycles. The molecule has 1 N–H and O–H groups in total. The molecule has 0 aliphatic carbocycles. The Kier molecular flexibility index (Phi) is 12.4. The van der Waals surface area contributed by atoms with Gasteiger partial charge in [-0.2, -0.15) is 0 Å². The van der Waals surface area contributed by atoms with E-state index in [4.69, 9.17) is 9.84 Å². The van der Waals surface area contributed by atoms with E-state index in [9.17, 15) is 4.79 Å². The number of ether oxygens (including phenoxy) is 1. The fraction of sp³-hybridized carbons (Fsp3) is 0.750. The molecule has 0 fully saturated rings. The fourth-order valence-electron chi connectivity index (χ4n) is 2.80. The first-order valence-electron chi connectivity index (χ1n) is 9.54. The average molecular weight is 322 g/mol. The number of hydrogen-bond donors (Lipinski definition) is 1. The van der Waals surface area contributed by atoms with Crippen molar-refractivity contribution in [3.05, 3.63) is 24.2 Å². The third-order valence-electron chi connectivity index (χ3n) is 4.30. The van der Waals surface area contributed by atoms with E-state index in [2.05, 4.69) is 12.2 Å². The minimum Gasteiger partial charge on any atom is -0.481 e. The molecule has 0 saturated carbocycles. The molecule has 1 aliphatic rings. The van der Waals surface area contributed by atoms with Crippen LogP contribution >= 0.6 is 0 Å². The fourth-order valence-corrected chi connectivity index (χ4v) is 2.80. The highest BCUT2D eigenvalue weighted by atomic mass is 16.5. The highest BCUT2D eigenvalue weighted by molar-refractivity contribution is 5.66. The van der Waals surface area contributed by atoms with Crippen LogP contribution in [0.3, 0.4) is 0 Å². The highest BCUT2D eigenvalue weighted by Crippen LogP contribution is 2.16. The lowest BCUT2D eigenvalue weighted by atomic mass is 10.0. The summed E-state index contributed by atoms with van der Waals surface area (Å²) in [5.41, 5.74) is 0. The number of unbranched alkanes of at least 4 members (excludes halogenated alkanes) is 13. The minimum atomic E-state index is -0.660. The summed E-state index contributed by atoms with van der Waals surface area (Å²) in [6.07, 6.45) is 24.1. The van der Waals surface area contributed by atoms with Gasteiger partial charge in [0.25, 0.3) is 0 Å². The van der Waals surface area contributed by atoms with Crippen LogP contribution in [0.25, 0.3) is 0 Å². The van der Waals surface area contributed by atoms with Crippen molar-refractivity contribution in [3.63, 3.8) is 0 Å². The third kappa shape index (κ3) is 15.4. The summed E-state index contributed by atoms with van der Waals surface area (Å²) in [4.78, 5) is 10.4. The molecule has 3 nitrogen and oxygen atoms in total. The van der Waals surface area contributed by atoms with Crippen molar-refractivity contribution in [2.75, 3.05) is 0 Å². The van der Waals surface area contributed by atoms with E-state index in [-0.39, 0.29) is 0 Å². The van der Waals surface area contributed by atoms with Crippen LogP contribution in [0, 0.1) is 0 Å². The number of carboxylic acid groups (broad SMARTS) is 1. The van der Waals surface area contributed by atoms with Crippen LogP contribution in [0.5, 0.6) is 0 Å². The molecule has 23 heavy (non-hydrogen) atoms. The van der Waals surface area contributed by atoms with E-state index in [1.165, 1.54) is 77.0 Å². The van der Waals surface area contributed by atoms with Crippen molar-refractivity contribution < 1.29 is 14.6 Å². The quantitative estimate of drug-likeness (QED) is 0.317. The molecule has 3 heteroatoms. The largest absolute Gasteiger partial charge is 0.481 e. The zero-order chi connectivity index (χ0) is 16.6. The molecule has 132 valence electrons. The van der Waals surface area contributed by atoms with Gasteiger partial charge in [-0.15, -0.1) is 0 Å². The molecule has 0 bridgehead atoms. The van der Waals surface area contributed by atoms with E-state index < -0.39 is 5.97 Å². The number of hydrogen-bond acceptors (Lipinski definition) is 2. The summed E-state index contributed by atoms with van der Waals surface area (Å²) < 4.78 is 4.92. The average Bonchev–Trinajstić information content (AvgIpc) is 3.34. The van der Waals surface area contributed by atoms with E-state index in [0.29, 0.717) is 6.42 Å². The van der Waals surface area contributed by atoms with Gasteiger partial charge in [0, 0.05) is 6.42 Å². The Bertz CT molecular complexity index is 358. The van der Waals surface area contributed by atoms with Gasteiger partial charge in [0.1, 0.15) is 6.26 Å². The Morgan fingerprint density at radius 3 is 1.70 bits per heavy atom. The molecule has 0 saturated heterocycles. The second kappa shape index (κ2) is 14.3. The zero-order valence-electron chi connectivity index (χ0n) is 14.6. The first-order valence-corrected chi connectivity index (χ1v) is 9.54. The van der Waals surface area contributed by atoms with Crippen molar-refractivity contribution in [1.82, 2.24) is 0 Å². The van der Waals surface area contributed by atoms with Crippen molar-refractivity contribution >= 4 is 5.97 Å². The Morgan fingerprint density at radius 1 is 0.826 bits per heavy atom. The number of carbonyl (C=O) groups is 1. The van der Waals surface area contributed by atoms with Gasteiger partial charge in [-0.25, -0.2) is 0 Å². The van der Waals surface area contributed by atoms with Gasteiger partial charge in [0.15, 0.2) is 5.76 Å². The normalized spacial score (nSPS) is 13.1. The molecular formula is C20H34O3. The summed E-state index contributed by atoms with van der Waals surface area (Å²) >= 11 is 0. The van der Waals surface area contributed by atoms with Gasteiger partial charge in [-0.05, 0) is 25.3 Å². The molecule has 0 aromatic rings. The van der Waals surface area contributed by atoms with Gasteiger partial charge < -0.3 is 9.84 Å². The van der Waals surface area contributed by atoms with Crippen molar-refractivity contribution in [3.8, 4) is 0 Å². The van der Waals surface area contributed by atoms with Crippen molar-refractivity contribution in [2.45, 2.75) is 96.3 Å². The second-order valence-corrected chi connectivity index (χ2v) is 6.57. The predicted octanol–water partition coefficient (Wildman–Crippen LogP) is 6.35. The molecular weight excluding hydrogens is 288 g/mol. The smallest absolute Gasteiger partial charge is 0.303 e. The summed E-state index contributed by atoms with van der Waals surface area (Å²) in [6.45, 7) is 0. The van der Waals surface area contributed by atoms with Crippen LogP contribution in [0.4, 0.5) is 0 Å². The van der Waals surface area contributed by atoms with Crippen LogP contribution in [0.15, 0.2) is 24.2 Å². The van der Waals surface area contributed by atoms with Crippen LogP contribution < -0.4 is 0 Å². The van der Waals surface area contributed by atoms with Gasteiger partial charge in [0.05, 0.1) is 0 Å². The molecule has 0 spiro atoms. The SMILES string of the molecule is O=C(O)CCCCCCCCCCCCCCCC=CC1=CO1. The Labute approximate surface area is 141 Å². The van der Waals surface area contributed by atoms with Crippen molar-refractivity contribution in [2.24, 2.45) is 0 Å². The minimum absolute atomic E-state index is 0.336. The van der Waals surface area contributed by atoms with Gasteiger partial charge >= 0.3 is 5.97 Å². The zero-order valence-corrected chi connectivity index (χ0v) is 14.6. The molecule has 0 amide bonds. The van der Waals surface area contributed by atoms with E-state index in [1.807, 2.05) is 0 Å². The van der Waals surface area contributed by atoms with E-state index in [1.54, 1.807) is 6.26 Å². The first-order chi connectivity index (χ1) is 11.3. The molecule has 0 atom stereocenters. The van der Waals surface area contributed by atoms with E-state index >= 15 is 0 Å². The van der Waals surface area contributed by atoms with E-state index in [0.717, 1.165) is 18.6 Å². The molecule has 0 aromatic carbocycles. The number of aliphatic carboxylic acids is 1. The number of rotatable bonds is 17. The molecule has 1 heterocycles. The maximum Gasteiger partial charge on any atom is 0.303 e. The standard InChI is InChI=1S/C20H34O3/c21-20(22)17-15-13-11-9-7-5-3-1-2-4-6-8-10-12-14-16-19-18-23-19/h14,16,18H,1-13,15,17H2,(H,21,22). The third-order valence-corrected chi connectivity index (χ3v) is 4.30. The Hall–Kier alpha value is -1.25. The molecule has 1 rings (SSSR count). The maximum absolute atomic E-state index is 10.4. The van der Waals surface area contributed by atoms with Crippen molar-refractivity contribution in [1.29, 1.82) is 0 Å². The molecule has 0 unspecified atom stereocenters. The predicted molar refractivity (Wildman–Crippen MR) is 95.2 cm³/mol. The van der Waals surface area contributed by atoms with Gasteiger partial charge in [-0.1, -0.05) is 76.7 Å². The topological polar surface area (TPSA) is 49.8 Å².